The molecule has 1 N–H and O–H groups in total. The van der Waals surface area contributed by atoms with Gasteiger partial charge in [-0.25, -0.2) is 13.1 Å². The van der Waals surface area contributed by atoms with Crippen LogP contribution in [0.15, 0.2) is 54.6 Å². The molecule has 7 heteroatoms. The van der Waals surface area contributed by atoms with Gasteiger partial charge in [0.1, 0.15) is 0 Å². The maximum Gasteiger partial charge on any atom is 0.237 e. The van der Waals surface area contributed by atoms with Crippen LogP contribution in [0.4, 0.5) is 0 Å². The van der Waals surface area contributed by atoms with Gasteiger partial charge in [-0.1, -0.05) is 60.1 Å². The first-order valence-corrected chi connectivity index (χ1v) is 9.39. The molecule has 0 saturated carbocycles. The zero-order valence-corrected chi connectivity index (χ0v) is 14.8. The average Bonchev–Trinajstić information content (AvgIpc) is 2.55. The number of benzene rings is 2. The largest absolute Gasteiger partial charge is 0.340 e. The van der Waals surface area contributed by atoms with Crippen LogP contribution in [0.3, 0.4) is 0 Å². The number of hydrogen-bond donors (Lipinski definition) is 1. The van der Waals surface area contributed by atoms with Crippen molar-refractivity contribution in [3.8, 4) is 0 Å². The smallest absolute Gasteiger partial charge is 0.237 e. The van der Waals surface area contributed by atoms with Gasteiger partial charge in [0.05, 0.1) is 12.3 Å². The van der Waals surface area contributed by atoms with Crippen molar-refractivity contribution >= 4 is 27.5 Å². The maximum atomic E-state index is 12.1. The summed E-state index contributed by atoms with van der Waals surface area (Å²) in [6.07, 6.45) is 0. The number of carbonyl (C=O) groups is 1. The number of likely N-dealkylation sites (N-methyl/N-ethyl adjacent to an activating group) is 1. The fourth-order valence-corrected chi connectivity index (χ4v) is 3.51. The second-order valence-corrected chi connectivity index (χ2v) is 7.62. The van der Waals surface area contributed by atoms with E-state index in [-0.39, 0.29) is 18.2 Å². The van der Waals surface area contributed by atoms with Gasteiger partial charge in [0.2, 0.25) is 15.9 Å². The molecule has 0 spiro atoms. The molecule has 0 aliphatic rings. The summed E-state index contributed by atoms with van der Waals surface area (Å²) >= 11 is 5.97. The van der Waals surface area contributed by atoms with Crippen molar-refractivity contribution in [3.63, 3.8) is 0 Å². The van der Waals surface area contributed by atoms with E-state index in [2.05, 4.69) is 4.72 Å². The fourth-order valence-electron chi connectivity index (χ4n) is 2.12. The summed E-state index contributed by atoms with van der Waals surface area (Å²) in [5.74, 6) is -0.566. The Balaban J connectivity index is 1.89. The summed E-state index contributed by atoms with van der Waals surface area (Å²) in [5, 5.41) is 0.385. The first-order valence-electron chi connectivity index (χ1n) is 7.36. The van der Waals surface area contributed by atoms with Gasteiger partial charge < -0.3 is 4.90 Å². The molecule has 0 atom stereocenters. The summed E-state index contributed by atoms with van der Waals surface area (Å²) in [6, 6.07) is 16.2. The van der Waals surface area contributed by atoms with Gasteiger partial charge in [-0.05, 0) is 17.2 Å². The summed E-state index contributed by atoms with van der Waals surface area (Å²) < 4.78 is 26.5. The Morgan fingerprint density at radius 2 is 1.71 bits per heavy atom. The van der Waals surface area contributed by atoms with Crippen LogP contribution in [-0.4, -0.2) is 32.8 Å². The molecule has 0 bridgehead atoms. The molecule has 2 rings (SSSR count). The van der Waals surface area contributed by atoms with Crippen LogP contribution < -0.4 is 4.72 Å². The van der Waals surface area contributed by atoms with E-state index in [9.17, 15) is 13.2 Å². The quantitative estimate of drug-likeness (QED) is 0.818. The molecule has 0 saturated heterocycles. The number of nitrogens with one attached hydrogen (secondary N) is 1. The van der Waals surface area contributed by atoms with Crippen LogP contribution in [0.5, 0.6) is 0 Å². The molecule has 128 valence electrons. The summed E-state index contributed by atoms with van der Waals surface area (Å²) in [5.41, 5.74) is 1.48. The predicted octanol–water partition coefficient (Wildman–Crippen LogP) is 2.42. The molecule has 0 unspecified atom stereocenters. The van der Waals surface area contributed by atoms with Crippen molar-refractivity contribution < 1.29 is 13.2 Å². The van der Waals surface area contributed by atoms with Crippen LogP contribution in [-0.2, 0) is 27.1 Å². The number of carbonyl (C=O) groups excluding carboxylic acids is 1. The zero-order chi connectivity index (χ0) is 17.6. The Morgan fingerprint density at radius 1 is 1.08 bits per heavy atom. The second-order valence-electron chi connectivity index (χ2n) is 5.41. The van der Waals surface area contributed by atoms with Gasteiger partial charge >= 0.3 is 0 Å². The lowest BCUT2D eigenvalue weighted by Gasteiger charge is -2.17. The molecule has 0 aliphatic heterocycles. The van der Waals surface area contributed by atoms with Crippen molar-refractivity contribution in [2.24, 2.45) is 0 Å². The first kappa shape index (κ1) is 18.4. The van der Waals surface area contributed by atoms with Crippen molar-refractivity contribution in [2.45, 2.75) is 12.3 Å². The lowest BCUT2D eigenvalue weighted by molar-refractivity contribution is -0.129. The fraction of sp³-hybridized carbons (Fsp3) is 0.235. The molecule has 5 nitrogen and oxygen atoms in total. The molecule has 2 aromatic rings. The number of rotatable bonds is 7. The molecule has 0 radical (unpaired) electrons. The molecule has 0 heterocycles. The first-order chi connectivity index (χ1) is 11.4. The van der Waals surface area contributed by atoms with Crippen molar-refractivity contribution in [1.82, 2.24) is 9.62 Å². The molecule has 0 aliphatic carbocycles. The van der Waals surface area contributed by atoms with Crippen LogP contribution >= 0.6 is 11.6 Å². The van der Waals surface area contributed by atoms with E-state index in [1.807, 2.05) is 30.3 Å². The molecular weight excluding hydrogens is 348 g/mol. The Morgan fingerprint density at radius 3 is 2.38 bits per heavy atom. The Bertz CT molecular complexity index is 794. The highest BCUT2D eigenvalue weighted by Crippen LogP contribution is 2.17. The molecule has 2 aromatic carbocycles. The highest BCUT2D eigenvalue weighted by Gasteiger charge is 2.17. The minimum atomic E-state index is -3.64. The normalized spacial score (nSPS) is 11.2. The zero-order valence-electron chi connectivity index (χ0n) is 13.3. The molecule has 1 amide bonds. The highest BCUT2D eigenvalue weighted by molar-refractivity contribution is 7.88. The number of sulfonamides is 1. The van der Waals surface area contributed by atoms with Crippen LogP contribution in [0.2, 0.25) is 5.02 Å². The van der Waals surface area contributed by atoms with E-state index in [4.69, 9.17) is 11.6 Å². The second kappa shape index (κ2) is 8.28. The Hall–Kier alpha value is -1.89. The van der Waals surface area contributed by atoms with Gasteiger partial charge in [0.25, 0.3) is 0 Å². The lowest BCUT2D eigenvalue weighted by atomic mass is 10.2. The molecular formula is C17H19ClN2O3S. The van der Waals surface area contributed by atoms with Gasteiger partial charge in [-0.15, -0.1) is 0 Å². The number of nitrogens with zero attached hydrogens (tertiary/aromatic N) is 1. The lowest BCUT2D eigenvalue weighted by Crippen LogP contribution is -2.38. The van der Waals surface area contributed by atoms with E-state index in [1.54, 1.807) is 31.3 Å². The van der Waals surface area contributed by atoms with Gasteiger partial charge in [0, 0.05) is 18.6 Å². The number of amides is 1. The van der Waals surface area contributed by atoms with Crippen LogP contribution in [0.1, 0.15) is 11.1 Å². The third-order valence-corrected chi connectivity index (χ3v) is 5.08. The van der Waals surface area contributed by atoms with Gasteiger partial charge in [-0.3, -0.25) is 4.79 Å². The molecule has 0 fully saturated rings. The van der Waals surface area contributed by atoms with Crippen LogP contribution in [0, 0.1) is 0 Å². The van der Waals surface area contributed by atoms with E-state index in [0.717, 1.165) is 5.56 Å². The summed E-state index contributed by atoms with van der Waals surface area (Å²) in [6.45, 7) is 0.141. The highest BCUT2D eigenvalue weighted by atomic mass is 35.5. The van der Waals surface area contributed by atoms with E-state index in [0.29, 0.717) is 17.1 Å². The third-order valence-electron chi connectivity index (χ3n) is 3.43. The molecule has 24 heavy (non-hydrogen) atoms. The minimum absolute atomic E-state index is 0.262. The van der Waals surface area contributed by atoms with E-state index in [1.165, 1.54) is 4.90 Å². The van der Waals surface area contributed by atoms with Crippen molar-refractivity contribution in [2.75, 3.05) is 13.6 Å². The summed E-state index contributed by atoms with van der Waals surface area (Å²) in [7, 11) is -2.00. The van der Waals surface area contributed by atoms with Crippen molar-refractivity contribution in [1.29, 1.82) is 0 Å². The topological polar surface area (TPSA) is 66.5 Å². The summed E-state index contributed by atoms with van der Waals surface area (Å²) in [4.78, 5) is 13.6. The standard InChI is InChI=1S/C17H19ClN2O3S/c1-20(12-14-7-3-2-4-8-14)17(21)11-19-24(22,23)13-15-9-5-6-10-16(15)18/h2-10,19H,11-13H2,1H3. The van der Waals surface area contributed by atoms with Crippen LogP contribution in [0.25, 0.3) is 0 Å². The number of halogens is 1. The van der Waals surface area contributed by atoms with E-state index >= 15 is 0 Å². The predicted molar refractivity (Wildman–Crippen MR) is 95.0 cm³/mol. The van der Waals surface area contributed by atoms with Gasteiger partial charge in [-0.2, -0.15) is 0 Å². The average molecular weight is 367 g/mol. The minimum Gasteiger partial charge on any atom is -0.340 e. The maximum absolute atomic E-state index is 12.1. The van der Waals surface area contributed by atoms with Crippen molar-refractivity contribution in [3.05, 3.63) is 70.7 Å². The molecule has 0 aromatic heterocycles. The Kier molecular flexibility index (Phi) is 6.36. The van der Waals surface area contributed by atoms with E-state index < -0.39 is 10.0 Å². The monoisotopic (exact) mass is 366 g/mol. The van der Waals surface area contributed by atoms with Gasteiger partial charge in [0.15, 0.2) is 0 Å². The SMILES string of the molecule is CN(Cc1ccccc1)C(=O)CNS(=O)(=O)Cc1ccccc1Cl. The Labute approximate surface area is 147 Å². The number of hydrogen-bond acceptors (Lipinski definition) is 3. The third kappa shape index (κ3) is 5.63.